The molecule has 0 atom stereocenters. The van der Waals surface area contributed by atoms with Gasteiger partial charge in [0.2, 0.25) is 0 Å². The molecule has 0 saturated heterocycles. The van der Waals surface area contributed by atoms with Crippen LogP contribution in [0.4, 0.5) is 0 Å². The van der Waals surface area contributed by atoms with Crippen LogP contribution in [0.3, 0.4) is 0 Å². The molecular weight excluding hydrogens is 340 g/mol. The molecule has 0 radical (unpaired) electrons. The van der Waals surface area contributed by atoms with Gasteiger partial charge in [0, 0.05) is 0 Å². The Balaban J connectivity index is 2.13. The fourth-order valence-electron chi connectivity index (χ4n) is 2.62. The van der Waals surface area contributed by atoms with Crippen LogP contribution in [0.5, 0.6) is 17.2 Å². The number of benzene rings is 2. The van der Waals surface area contributed by atoms with Crippen LogP contribution in [-0.2, 0) is 16.5 Å². The molecule has 2 rings (SSSR count). The van der Waals surface area contributed by atoms with Gasteiger partial charge in [-0.15, -0.1) is 0 Å². The molecule has 6 heteroatoms. The van der Waals surface area contributed by atoms with Crippen LogP contribution in [0.2, 0.25) is 0 Å². The molecular formula is C19H24O5S. The van der Waals surface area contributed by atoms with E-state index in [-0.39, 0.29) is 11.5 Å². The maximum Gasteiger partial charge on any atom is 0.298 e. The summed E-state index contributed by atoms with van der Waals surface area (Å²) >= 11 is 0. The van der Waals surface area contributed by atoms with Gasteiger partial charge in [-0.25, -0.2) is 0 Å². The summed E-state index contributed by atoms with van der Waals surface area (Å²) in [6, 6.07) is 11.1. The predicted molar refractivity (Wildman–Crippen MR) is 96.9 cm³/mol. The summed E-state index contributed by atoms with van der Waals surface area (Å²) in [5, 5.41) is 9.91. The van der Waals surface area contributed by atoms with Crippen LogP contribution < -0.4 is 4.74 Å². The zero-order valence-corrected chi connectivity index (χ0v) is 15.1. The van der Waals surface area contributed by atoms with E-state index in [9.17, 15) is 18.1 Å². The molecule has 0 heterocycles. The number of aromatic hydroxyl groups is 1. The Labute approximate surface area is 149 Å². The quantitative estimate of drug-likeness (QED) is 0.486. The van der Waals surface area contributed by atoms with E-state index >= 15 is 0 Å². The van der Waals surface area contributed by atoms with Gasteiger partial charge >= 0.3 is 0 Å². The van der Waals surface area contributed by atoms with Crippen LogP contribution >= 0.6 is 0 Å². The summed E-state index contributed by atoms with van der Waals surface area (Å²) in [6.07, 6.45) is 6.84. The van der Waals surface area contributed by atoms with Gasteiger partial charge in [0.15, 0.2) is 11.5 Å². The number of hydrogen-bond donors (Lipinski definition) is 2. The first kappa shape index (κ1) is 19.3. The second-order valence-corrected chi connectivity index (χ2v) is 7.38. The van der Waals surface area contributed by atoms with Gasteiger partial charge in [-0.1, -0.05) is 50.8 Å². The fraction of sp³-hybridized carbons (Fsp3) is 0.368. The maximum absolute atomic E-state index is 11.5. The zero-order chi connectivity index (χ0) is 18.3. The lowest BCUT2D eigenvalue weighted by Gasteiger charge is -2.12. The Morgan fingerprint density at radius 2 is 1.72 bits per heavy atom. The molecule has 0 aliphatic rings. The average Bonchev–Trinajstić information content (AvgIpc) is 2.56. The first-order chi connectivity index (χ1) is 11.9. The molecule has 0 bridgehead atoms. The number of rotatable bonds is 9. The van der Waals surface area contributed by atoms with Gasteiger partial charge in [0.25, 0.3) is 10.1 Å². The van der Waals surface area contributed by atoms with Gasteiger partial charge in [-0.3, -0.25) is 4.55 Å². The largest absolute Gasteiger partial charge is 0.504 e. The number of hydrogen-bond acceptors (Lipinski definition) is 4. The van der Waals surface area contributed by atoms with Crippen molar-refractivity contribution >= 4 is 10.1 Å². The van der Waals surface area contributed by atoms with E-state index in [0.29, 0.717) is 5.75 Å². The molecule has 0 amide bonds. The standard InChI is InChI=1S/C19H24O5S/c1-2-3-4-5-6-9-15-10-7-11-16(14-15)24-19-17(20)12-8-13-18(19)25(21,22)23/h7-8,10-14,20H,2-6,9H2,1H3,(H,21,22,23). The second kappa shape index (κ2) is 8.87. The van der Waals surface area contributed by atoms with Gasteiger partial charge in [0.05, 0.1) is 0 Å². The van der Waals surface area contributed by atoms with E-state index < -0.39 is 15.0 Å². The third kappa shape index (κ3) is 5.76. The minimum Gasteiger partial charge on any atom is -0.504 e. The van der Waals surface area contributed by atoms with Crippen molar-refractivity contribution in [2.45, 2.75) is 50.3 Å². The molecule has 0 aliphatic heterocycles. The summed E-state index contributed by atoms with van der Waals surface area (Å²) in [7, 11) is -4.49. The zero-order valence-electron chi connectivity index (χ0n) is 14.3. The molecule has 0 aliphatic carbocycles. The van der Waals surface area contributed by atoms with E-state index in [0.717, 1.165) is 18.4 Å². The molecule has 5 nitrogen and oxygen atoms in total. The molecule has 2 N–H and O–H groups in total. The van der Waals surface area contributed by atoms with Gasteiger partial charge in [-0.05, 0) is 42.7 Å². The first-order valence-corrected chi connectivity index (χ1v) is 9.92. The van der Waals surface area contributed by atoms with Crippen LogP contribution in [0, 0.1) is 0 Å². The normalized spacial score (nSPS) is 11.4. The highest BCUT2D eigenvalue weighted by molar-refractivity contribution is 7.86. The summed E-state index contributed by atoms with van der Waals surface area (Å²) in [4.78, 5) is -0.461. The number of para-hydroxylation sites is 1. The lowest BCUT2D eigenvalue weighted by Crippen LogP contribution is -2.01. The summed E-state index contributed by atoms with van der Waals surface area (Å²) < 4.78 is 37.8. The molecule has 136 valence electrons. The molecule has 0 saturated carbocycles. The Hall–Kier alpha value is -2.05. The minimum atomic E-state index is -4.49. The third-order valence-corrected chi connectivity index (χ3v) is 4.80. The highest BCUT2D eigenvalue weighted by Crippen LogP contribution is 2.37. The molecule has 2 aromatic carbocycles. The van der Waals surface area contributed by atoms with Crippen molar-refractivity contribution in [3.05, 3.63) is 48.0 Å². The van der Waals surface area contributed by atoms with Crippen LogP contribution in [0.1, 0.15) is 44.6 Å². The van der Waals surface area contributed by atoms with Gasteiger partial charge < -0.3 is 9.84 Å². The first-order valence-electron chi connectivity index (χ1n) is 8.48. The lowest BCUT2D eigenvalue weighted by atomic mass is 10.1. The van der Waals surface area contributed by atoms with E-state index in [1.165, 1.54) is 43.9 Å². The van der Waals surface area contributed by atoms with Crippen LogP contribution in [0.25, 0.3) is 0 Å². The van der Waals surface area contributed by atoms with Crippen molar-refractivity contribution in [3.8, 4) is 17.2 Å². The molecule has 2 aromatic rings. The Morgan fingerprint density at radius 1 is 1.00 bits per heavy atom. The van der Waals surface area contributed by atoms with E-state index in [2.05, 4.69) is 6.92 Å². The summed E-state index contributed by atoms with van der Waals surface area (Å²) in [6.45, 7) is 2.18. The number of phenols is 1. The number of aryl methyl sites for hydroxylation is 1. The molecule has 0 fully saturated rings. The summed E-state index contributed by atoms with van der Waals surface area (Å²) in [5.41, 5.74) is 1.08. The van der Waals surface area contributed by atoms with Crippen molar-refractivity contribution in [2.24, 2.45) is 0 Å². The molecule has 0 unspecified atom stereocenters. The van der Waals surface area contributed by atoms with Gasteiger partial charge in [0.1, 0.15) is 10.6 Å². The molecule has 0 aromatic heterocycles. The third-order valence-electron chi connectivity index (χ3n) is 3.92. The van der Waals surface area contributed by atoms with Crippen LogP contribution in [0.15, 0.2) is 47.4 Å². The summed E-state index contributed by atoms with van der Waals surface area (Å²) in [5.74, 6) is -0.206. The van der Waals surface area contributed by atoms with E-state index in [1.54, 1.807) is 6.07 Å². The van der Waals surface area contributed by atoms with Crippen LogP contribution in [-0.4, -0.2) is 18.1 Å². The highest BCUT2D eigenvalue weighted by atomic mass is 32.2. The Kier molecular flexibility index (Phi) is 6.84. The van der Waals surface area contributed by atoms with Crippen molar-refractivity contribution in [1.29, 1.82) is 0 Å². The van der Waals surface area contributed by atoms with Crippen molar-refractivity contribution in [3.63, 3.8) is 0 Å². The lowest BCUT2D eigenvalue weighted by molar-refractivity contribution is 0.397. The smallest absolute Gasteiger partial charge is 0.298 e. The second-order valence-electron chi connectivity index (χ2n) is 5.99. The average molecular weight is 364 g/mol. The number of ether oxygens (including phenoxy) is 1. The van der Waals surface area contributed by atoms with Crippen molar-refractivity contribution in [2.75, 3.05) is 0 Å². The molecule has 0 spiro atoms. The Morgan fingerprint density at radius 3 is 2.44 bits per heavy atom. The van der Waals surface area contributed by atoms with E-state index in [1.807, 2.05) is 18.2 Å². The van der Waals surface area contributed by atoms with Gasteiger partial charge in [-0.2, -0.15) is 8.42 Å². The van der Waals surface area contributed by atoms with Crippen molar-refractivity contribution < 1.29 is 22.8 Å². The van der Waals surface area contributed by atoms with E-state index in [4.69, 9.17) is 4.74 Å². The SMILES string of the molecule is CCCCCCCc1cccc(Oc2c(O)cccc2S(=O)(=O)O)c1. The predicted octanol–water partition coefficient (Wildman–Crippen LogP) is 4.94. The highest BCUT2D eigenvalue weighted by Gasteiger charge is 2.20. The maximum atomic E-state index is 11.5. The topological polar surface area (TPSA) is 83.8 Å². The van der Waals surface area contributed by atoms with Crippen molar-refractivity contribution in [1.82, 2.24) is 0 Å². The number of unbranched alkanes of at least 4 members (excludes halogenated alkanes) is 4. The Bertz CT molecular complexity index is 799. The fourth-order valence-corrected chi connectivity index (χ4v) is 3.26. The number of phenolic OH excluding ortho intramolecular Hbond substituents is 1. The minimum absolute atomic E-state index is 0.273. The molecule has 25 heavy (non-hydrogen) atoms. The monoisotopic (exact) mass is 364 g/mol.